The third-order valence-corrected chi connectivity index (χ3v) is 6.62. The zero-order chi connectivity index (χ0) is 21.5. The molecule has 4 heterocycles. The molecule has 0 aliphatic carbocycles. The molecule has 9 nitrogen and oxygen atoms in total. The van der Waals surface area contributed by atoms with E-state index in [0.717, 1.165) is 19.4 Å². The molecule has 1 aliphatic heterocycles. The summed E-state index contributed by atoms with van der Waals surface area (Å²) in [4.78, 5) is 14.8. The van der Waals surface area contributed by atoms with Crippen LogP contribution in [0.15, 0.2) is 30.7 Å². The van der Waals surface area contributed by atoms with Crippen LogP contribution in [0.1, 0.15) is 25.0 Å². The summed E-state index contributed by atoms with van der Waals surface area (Å²) in [6.07, 6.45) is 3.01. The Morgan fingerprint density at radius 1 is 1.23 bits per heavy atom. The van der Waals surface area contributed by atoms with Gasteiger partial charge in [-0.05, 0) is 25.0 Å². The number of hydrogen-bond acceptors (Lipinski definition) is 7. The van der Waals surface area contributed by atoms with Crippen LogP contribution < -0.4 is 4.90 Å². The number of halogens is 2. The number of aromatic nitrogens is 5. The summed E-state index contributed by atoms with van der Waals surface area (Å²) in [6, 6.07) is 4.31. The third-order valence-electron chi connectivity index (χ3n) is 5.28. The zero-order valence-electron chi connectivity index (χ0n) is 16.5. The summed E-state index contributed by atoms with van der Waals surface area (Å²) in [5, 5.41) is 3.97. The van der Waals surface area contributed by atoms with Crippen LogP contribution in [-0.4, -0.2) is 69.7 Å². The Morgan fingerprint density at radius 2 is 2.03 bits per heavy atom. The lowest BCUT2D eigenvalue weighted by Crippen LogP contribution is -2.48. The number of alkyl halides is 2. The largest absolute Gasteiger partial charge is 0.355 e. The van der Waals surface area contributed by atoms with E-state index in [1.165, 1.54) is 39.7 Å². The van der Waals surface area contributed by atoms with Crippen molar-refractivity contribution < 1.29 is 17.2 Å². The number of anilines is 1. The van der Waals surface area contributed by atoms with Crippen molar-refractivity contribution in [1.29, 1.82) is 0 Å². The maximum Gasteiger partial charge on any atom is 0.282 e. The Morgan fingerprint density at radius 3 is 2.77 bits per heavy atom. The summed E-state index contributed by atoms with van der Waals surface area (Å²) >= 11 is 0. The summed E-state index contributed by atoms with van der Waals surface area (Å²) < 4.78 is 52.6. The molecule has 0 spiro atoms. The summed E-state index contributed by atoms with van der Waals surface area (Å²) in [5.74, 6) is 0.631. The molecule has 0 amide bonds. The number of sulfonamides is 1. The van der Waals surface area contributed by atoms with Crippen LogP contribution in [0.25, 0.3) is 17.0 Å². The van der Waals surface area contributed by atoms with Crippen LogP contribution in [0.3, 0.4) is 0 Å². The smallest absolute Gasteiger partial charge is 0.282 e. The van der Waals surface area contributed by atoms with E-state index < -0.39 is 16.4 Å². The Kier molecular flexibility index (Phi) is 5.36. The van der Waals surface area contributed by atoms with Gasteiger partial charge in [-0.15, -0.1) is 0 Å². The highest BCUT2D eigenvalue weighted by Gasteiger charge is 2.28. The molecule has 0 radical (unpaired) electrons. The van der Waals surface area contributed by atoms with Crippen LogP contribution in [0.4, 0.5) is 14.6 Å². The average molecular weight is 437 g/mol. The van der Waals surface area contributed by atoms with E-state index in [1.54, 1.807) is 13.1 Å². The molecule has 30 heavy (non-hydrogen) atoms. The maximum absolute atomic E-state index is 13.1. The van der Waals surface area contributed by atoms with Crippen LogP contribution in [0, 0.1) is 0 Å². The molecule has 3 aromatic heterocycles. The number of rotatable bonds is 5. The fourth-order valence-corrected chi connectivity index (χ4v) is 4.28. The standard InChI is InChI=1S/C18H21F2N7O2S/c1-25(30(2,28)29)12-4-3-7-26(10-12)17-8-14(22-11-23-17)15-9-21-16-6-5-13(18(19)20)24-27(15)16/h5-6,8-9,11-12,18H,3-4,7,10H2,1-2H3. The van der Waals surface area contributed by atoms with Gasteiger partial charge < -0.3 is 4.90 Å². The van der Waals surface area contributed by atoms with E-state index in [0.29, 0.717) is 29.4 Å². The van der Waals surface area contributed by atoms with Crippen molar-refractivity contribution in [3.8, 4) is 11.4 Å². The zero-order valence-corrected chi connectivity index (χ0v) is 17.3. The predicted molar refractivity (Wildman–Crippen MR) is 107 cm³/mol. The van der Waals surface area contributed by atoms with Gasteiger partial charge in [0.1, 0.15) is 23.5 Å². The molecule has 0 saturated carbocycles. The highest BCUT2D eigenvalue weighted by molar-refractivity contribution is 7.88. The van der Waals surface area contributed by atoms with Crippen molar-refractivity contribution in [2.75, 3.05) is 31.3 Å². The number of likely N-dealkylation sites (N-methyl/N-ethyl adjacent to an activating group) is 1. The minimum absolute atomic E-state index is 0.154. The Bertz CT molecular complexity index is 1170. The van der Waals surface area contributed by atoms with E-state index in [9.17, 15) is 17.2 Å². The van der Waals surface area contributed by atoms with E-state index in [4.69, 9.17) is 0 Å². The minimum Gasteiger partial charge on any atom is -0.355 e. The van der Waals surface area contributed by atoms with Gasteiger partial charge in [0.25, 0.3) is 6.43 Å². The summed E-state index contributed by atoms with van der Waals surface area (Å²) in [6.45, 7) is 1.23. The van der Waals surface area contributed by atoms with E-state index in [2.05, 4.69) is 20.1 Å². The number of imidazole rings is 1. The highest BCUT2D eigenvalue weighted by Crippen LogP contribution is 2.26. The van der Waals surface area contributed by atoms with Gasteiger partial charge in [0.2, 0.25) is 10.0 Å². The van der Waals surface area contributed by atoms with Gasteiger partial charge in [-0.2, -0.15) is 5.10 Å². The van der Waals surface area contributed by atoms with Crippen LogP contribution in [0.2, 0.25) is 0 Å². The monoisotopic (exact) mass is 437 g/mol. The van der Waals surface area contributed by atoms with Crippen LogP contribution in [-0.2, 0) is 10.0 Å². The summed E-state index contributed by atoms with van der Waals surface area (Å²) in [7, 11) is -1.71. The first-order valence-electron chi connectivity index (χ1n) is 9.37. The molecular weight excluding hydrogens is 416 g/mol. The molecule has 1 atom stereocenters. The van der Waals surface area contributed by atoms with E-state index in [1.807, 2.05) is 4.90 Å². The normalized spacial score (nSPS) is 17.9. The van der Waals surface area contributed by atoms with Gasteiger partial charge >= 0.3 is 0 Å². The SMILES string of the molecule is CN(C1CCCN(c2cc(-c3cnc4ccc(C(F)F)nn34)ncn2)C1)S(C)(=O)=O. The lowest BCUT2D eigenvalue weighted by Gasteiger charge is -2.37. The maximum atomic E-state index is 13.1. The Balaban J connectivity index is 1.65. The molecule has 1 aliphatic rings. The van der Waals surface area contributed by atoms with Crippen molar-refractivity contribution in [3.63, 3.8) is 0 Å². The van der Waals surface area contributed by atoms with Crippen molar-refractivity contribution in [3.05, 3.63) is 36.4 Å². The number of fused-ring (bicyclic) bond motifs is 1. The summed E-state index contributed by atoms with van der Waals surface area (Å²) in [5.41, 5.74) is 1.05. The molecule has 0 bridgehead atoms. The van der Waals surface area contributed by atoms with Crippen LogP contribution >= 0.6 is 0 Å². The Labute approximate surface area is 172 Å². The predicted octanol–water partition coefficient (Wildman–Crippen LogP) is 1.98. The topological polar surface area (TPSA) is 96.6 Å². The molecule has 0 N–H and O–H groups in total. The van der Waals surface area contributed by atoms with Gasteiger partial charge in [-0.3, -0.25) is 0 Å². The fraction of sp³-hybridized carbons (Fsp3) is 0.444. The average Bonchev–Trinajstić information content (AvgIpc) is 3.16. The molecule has 3 aromatic rings. The first kappa shape index (κ1) is 20.5. The first-order chi connectivity index (χ1) is 14.2. The molecule has 4 rings (SSSR count). The van der Waals surface area contributed by atoms with E-state index >= 15 is 0 Å². The number of piperidine rings is 1. The first-order valence-corrected chi connectivity index (χ1v) is 11.2. The van der Waals surface area contributed by atoms with Gasteiger partial charge in [0.05, 0.1) is 18.1 Å². The molecule has 160 valence electrons. The number of nitrogens with zero attached hydrogens (tertiary/aromatic N) is 7. The highest BCUT2D eigenvalue weighted by atomic mass is 32.2. The van der Waals surface area contributed by atoms with Gasteiger partial charge in [-0.1, -0.05) is 0 Å². The second-order valence-electron chi connectivity index (χ2n) is 7.26. The van der Waals surface area contributed by atoms with Crippen molar-refractivity contribution in [2.45, 2.75) is 25.3 Å². The molecule has 1 saturated heterocycles. The van der Waals surface area contributed by atoms with Crippen molar-refractivity contribution in [1.82, 2.24) is 28.9 Å². The molecule has 1 fully saturated rings. The molecular formula is C18H21F2N7O2S. The van der Waals surface area contributed by atoms with Gasteiger partial charge in [-0.25, -0.2) is 41.0 Å². The second kappa shape index (κ2) is 7.84. The molecule has 1 unspecified atom stereocenters. The molecule has 0 aromatic carbocycles. The quantitative estimate of drug-likeness (QED) is 0.602. The Hall–Kier alpha value is -2.73. The van der Waals surface area contributed by atoms with Gasteiger partial charge in [0, 0.05) is 32.2 Å². The molecule has 12 heteroatoms. The van der Waals surface area contributed by atoms with E-state index in [-0.39, 0.29) is 11.7 Å². The second-order valence-corrected chi connectivity index (χ2v) is 9.30. The minimum atomic E-state index is -3.29. The fourth-order valence-electron chi connectivity index (χ4n) is 3.57. The van der Waals surface area contributed by atoms with Crippen molar-refractivity contribution >= 4 is 21.5 Å². The number of hydrogen-bond donors (Lipinski definition) is 0. The lowest BCUT2D eigenvalue weighted by atomic mass is 10.1. The lowest BCUT2D eigenvalue weighted by molar-refractivity contribution is 0.144. The van der Waals surface area contributed by atoms with Crippen molar-refractivity contribution in [2.24, 2.45) is 0 Å². The van der Waals surface area contributed by atoms with Gasteiger partial charge in [0.15, 0.2) is 5.65 Å². The third kappa shape index (κ3) is 3.97. The van der Waals surface area contributed by atoms with Crippen LogP contribution in [0.5, 0.6) is 0 Å².